The SMILES string of the molecule is CC(C)[C@H]1CN(CCN)CCN1.Cl. The number of piperazine rings is 1. The van der Waals surface area contributed by atoms with Crippen molar-refractivity contribution in [3.05, 3.63) is 0 Å². The molecular formula is C9H22ClN3. The lowest BCUT2D eigenvalue weighted by atomic mass is 10.0. The third-order valence-corrected chi connectivity index (χ3v) is 2.54. The number of nitrogens with zero attached hydrogens (tertiary/aromatic N) is 1. The molecule has 1 atom stereocenters. The summed E-state index contributed by atoms with van der Waals surface area (Å²) in [5.41, 5.74) is 5.52. The van der Waals surface area contributed by atoms with E-state index in [1.807, 2.05) is 0 Å². The molecule has 1 fully saturated rings. The van der Waals surface area contributed by atoms with Crippen LogP contribution < -0.4 is 11.1 Å². The molecule has 0 bridgehead atoms. The fraction of sp³-hybridized carbons (Fsp3) is 1.00. The molecule has 0 amide bonds. The number of halogens is 1. The molecule has 13 heavy (non-hydrogen) atoms. The molecule has 0 aromatic rings. The van der Waals surface area contributed by atoms with Crippen molar-refractivity contribution >= 4 is 12.4 Å². The molecule has 0 radical (unpaired) electrons. The van der Waals surface area contributed by atoms with Crippen LogP contribution in [0.4, 0.5) is 0 Å². The molecule has 3 N–H and O–H groups in total. The first-order valence-corrected chi connectivity index (χ1v) is 4.90. The molecule has 0 aromatic carbocycles. The van der Waals surface area contributed by atoms with Gasteiger partial charge in [0.05, 0.1) is 0 Å². The molecule has 1 rings (SSSR count). The topological polar surface area (TPSA) is 41.3 Å². The van der Waals surface area contributed by atoms with Gasteiger partial charge in [0.25, 0.3) is 0 Å². The predicted molar refractivity (Wildman–Crippen MR) is 59.4 cm³/mol. The molecule has 1 aliphatic rings. The Labute approximate surface area is 87.5 Å². The first-order chi connectivity index (χ1) is 5.74. The van der Waals surface area contributed by atoms with Crippen molar-refractivity contribution in [3.63, 3.8) is 0 Å². The second-order valence-corrected chi connectivity index (χ2v) is 3.89. The van der Waals surface area contributed by atoms with Gasteiger partial charge in [0.2, 0.25) is 0 Å². The largest absolute Gasteiger partial charge is 0.329 e. The van der Waals surface area contributed by atoms with Crippen LogP contribution in [-0.4, -0.2) is 43.7 Å². The van der Waals surface area contributed by atoms with Crippen LogP contribution >= 0.6 is 12.4 Å². The van der Waals surface area contributed by atoms with Gasteiger partial charge in [-0.1, -0.05) is 13.8 Å². The smallest absolute Gasteiger partial charge is 0.0218 e. The summed E-state index contributed by atoms with van der Waals surface area (Å²) in [6, 6.07) is 0.658. The molecule has 1 heterocycles. The van der Waals surface area contributed by atoms with Crippen LogP contribution in [0.1, 0.15) is 13.8 Å². The van der Waals surface area contributed by atoms with Gasteiger partial charge < -0.3 is 11.1 Å². The highest BCUT2D eigenvalue weighted by atomic mass is 35.5. The molecule has 0 aromatic heterocycles. The fourth-order valence-electron chi connectivity index (χ4n) is 1.67. The Bertz CT molecular complexity index is 128. The Balaban J connectivity index is 0.00000144. The van der Waals surface area contributed by atoms with E-state index in [9.17, 15) is 0 Å². The molecule has 0 spiro atoms. The summed E-state index contributed by atoms with van der Waals surface area (Å²) >= 11 is 0. The molecule has 0 aliphatic carbocycles. The van der Waals surface area contributed by atoms with E-state index in [1.165, 1.54) is 0 Å². The van der Waals surface area contributed by atoms with Gasteiger partial charge in [-0.2, -0.15) is 0 Å². The van der Waals surface area contributed by atoms with Crippen molar-refractivity contribution in [3.8, 4) is 0 Å². The monoisotopic (exact) mass is 207 g/mol. The summed E-state index contributed by atoms with van der Waals surface area (Å²) in [5, 5.41) is 3.52. The molecule has 4 heteroatoms. The quantitative estimate of drug-likeness (QED) is 0.700. The normalized spacial score (nSPS) is 24.5. The molecule has 0 unspecified atom stereocenters. The summed E-state index contributed by atoms with van der Waals surface area (Å²) < 4.78 is 0. The van der Waals surface area contributed by atoms with E-state index in [0.717, 1.165) is 38.6 Å². The zero-order valence-electron chi connectivity index (χ0n) is 8.62. The highest BCUT2D eigenvalue weighted by Gasteiger charge is 2.20. The summed E-state index contributed by atoms with van der Waals surface area (Å²) in [7, 11) is 0. The van der Waals surface area contributed by atoms with Gasteiger partial charge in [-0.15, -0.1) is 12.4 Å². The van der Waals surface area contributed by atoms with Crippen molar-refractivity contribution in [2.75, 3.05) is 32.7 Å². The Kier molecular flexibility index (Phi) is 6.68. The van der Waals surface area contributed by atoms with Gasteiger partial charge in [0.1, 0.15) is 0 Å². The average molecular weight is 208 g/mol. The summed E-state index contributed by atoms with van der Waals surface area (Å²) in [6.07, 6.45) is 0. The van der Waals surface area contributed by atoms with Crippen molar-refractivity contribution in [1.82, 2.24) is 10.2 Å². The standard InChI is InChI=1S/C9H21N3.ClH/c1-8(2)9-7-12(5-3-10)6-4-11-9;/h8-9,11H,3-7,10H2,1-2H3;1H/t9-;/m1./s1. The Hall–Kier alpha value is 0.170. The van der Waals surface area contributed by atoms with E-state index < -0.39 is 0 Å². The molecule has 1 aliphatic heterocycles. The second-order valence-electron chi connectivity index (χ2n) is 3.89. The van der Waals surface area contributed by atoms with Crippen LogP contribution in [-0.2, 0) is 0 Å². The maximum absolute atomic E-state index is 5.52. The Morgan fingerprint density at radius 1 is 1.54 bits per heavy atom. The minimum atomic E-state index is 0. The Morgan fingerprint density at radius 2 is 2.23 bits per heavy atom. The van der Waals surface area contributed by atoms with Gasteiger partial charge in [-0.25, -0.2) is 0 Å². The van der Waals surface area contributed by atoms with Crippen LogP contribution in [0, 0.1) is 5.92 Å². The maximum atomic E-state index is 5.52. The molecule has 0 saturated carbocycles. The lowest BCUT2D eigenvalue weighted by Gasteiger charge is -2.35. The van der Waals surface area contributed by atoms with Gasteiger partial charge in [0.15, 0.2) is 0 Å². The molecular weight excluding hydrogens is 186 g/mol. The van der Waals surface area contributed by atoms with Gasteiger partial charge in [0, 0.05) is 38.8 Å². The first kappa shape index (κ1) is 13.2. The minimum Gasteiger partial charge on any atom is -0.329 e. The summed E-state index contributed by atoms with van der Waals surface area (Å²) in [4.78, 5) is 2.45. The lowest BCUT2D eigenvalue weighted by molar-refractivity contribution is 0.179. The predicted octanol–water partition coefficient (Wildman–Crippen LogP) is 0.297. The molecule has 80 valence electrons. The first-order valence-electron chi connectivity index (χ1n) is 4.90. The van der Waals surface area contributed by atoms with Crippen molar-refractivity contribution in [1.29, 1.82) is 0 Å². The maximum Gasteiger partial charge on any atom is 0.0218 e. The van der Waals surface area contributed by atoms with E-state index >= 15 is 0 Å². The van der Waals surface area contributed by atoms with Crippen molar-refractivity contribution in [2.45, 2.75) is 19.9 Å². The lowest BCUT2D eigenvalue weighted by Crippen LogP contribution is -2.53. The Morgan fingerprint density at radius 3 is 2.77 bits per heavy atom. The number of rotatable bonds is 3. The van der Waals surface area contributed by atoms with Crippen LogP contribution in [0.25, 0.3) is 0 Å². The van der Waals surface area contributed by atoms with Crippen molar-refractivity contribution < 1.29 is 0 Å². The minimum absolute atomic E-state index is 0. The van der Waals surface area contributed by atoms with E-state index in [1.54, 1.807) is 0 Å². The van der Waals surface area contributed by atoms with Crippen LogP contribution in [0.5, 0.6) is 0 Å². The number of hydrogen-bond donors (Lipinski definition) is 2. The highest BCUT2D eigenvalue weighted by Crippen LogP contribution is 2.07. The van der Waals surface area contributed by atoms with Crippen LogP contribution in [0.3, 0.4) is 0 Å². The number of hydrogen-bond acceptors (Lipinski definition) is 3. The number of nitrogens with one attached hydrogen (secondary N) is 1. The van der Waals surface area contributed by atoms with E-state index in [4.69, 9.17) is 5.73 Å². The van der Waals surface area contributed by atoms with E-state index in [2.05, 4.69) is 24.1 Å². The van der Waals surface area contributed by atoms with E-state index in [0.29, 0.717) is 6.04 Å². The fourth-order valence-corrected chi connectivity index (χ4v) is 1.67. The van der Waals surface area contributed by atoms with Gasteiger partial charge in [-0.05, 0) is 5.92 Å². The molecule has 1 saturated heterocycles. The second kappa shape index (κ2) is 6.60. The van der Waals surface area contributed by atoms with Gasteiger partial charge in [-0.3, -0.25) is 4.90 Å². The third kappa shape index (κ3) is 4.27. The number of nitrogens with two attached hydrogens (primary N) is 1. The molecule has 3 nitrogen and oxygen atoms in total. The zero-order valence-corrected chi connectivity index (χ0v) is 9.44. The van der Waals surface area contributed by atoms with Crippen LogP contribution in [0.15, 0.2) is 0 Å². The highest BCUT2D eigenvalue weighted by molar-refractivity contribution is 5.85. The summed E-state index contributed by atoms with van der Waals surface area (Å²) in [5.74, 6) is 0.727. The van der Waals surface area contributed by atoms with E-state index in [-0.39, 0.29) is 12.4 Å². The van der Waals surface area contributed by atoms with Crippen molar-refractivity contribution in [2.24, 2.45) is 11.7 Å². The summed E-state index contributed by atoms with van der Waals surface area (Å²) in [6.45, 7) is 9.79. The third-order valence-electron chi connectivity index (χ3n) is 2.54. The van der Waals surface area contributed by atoms with Crippen LogP contribution in [0.2, 0.25) is 0 Å². The average Bonchev–Trinajstić information content (AvgIpc) is 2.05. The van der Waals surface area contributed by atoms with Gasteiger partial charge >= 0.3 is 0 Å². The zero-order chi connectivity index (χ0) is 8.97.